The zero-order valence-corrected chi connectivity index (χ0v) is 20.1. The van der Waals surface area contributed by atoms with E-state index >= 15 is 0 Å². The number of halogens is 1. The minimum absolute atomic E-state index is 0.170. The van der Waals surface area contributed by atoms with Gasteiger partial charge in [-0.25, -0.2) is 14.2 Å². The number of carbonyl (C=O) groups excluding carboxylic acids is 2. The SMILES string of the molecule is CCOC(=O)Cc1ccc(NC(=O)N2CCCN(c3nc4cc(F)ccc4n4cccc34)CC2)cc1. The molecule has 1 fully saturated rings. The zero-order chi connectivity index (χ0) is 25.1. The van der Waals surface area contributed by atoms with Crippen LogP contribution in [0.1, 0.15) is 18.9 Å². The summed E-state index contributed by atoms with van der Waals surface area (Å²) in [5, 5.41) is 2.95. The Bertz CT molecular complexity index is 1400. The molecule has 1 aliphatic rings. The standard InChI is InChI=1S/C27H28FN5O3/c1-2-36-25(34)17-19-6-9-21(10-7-19)29-27(35)32-13-4-12-31(15-16-32)26-24-5-3-14-33(24)23-11-8-20(28)18-22(23)30-26/h3,5-11,14,18H,2,4,12-13,15-17H2,1H3,(H,29,35). The molecule has 2 aromatic heterocycles. The molecule has 1 N–H and O–H groups in total. The summed E-state index contributed by atoms with van der Waals surface area (Å²) in [4.78, 5) is 33.4. The Morgan fingerprint density at radius 2 is 1.86 bits per heavy atom. The molecular weight excluding hydrogens is 461 g/mol. The zero-order valence-electron chi connectivity index (χ0n) is 20.1. The molecule has 1 aliphatic heterocycles. The van der Waals surface area contributed by atoms with Crippen LogP contribution in [0.3, 0.4) is 0 Å². The molecule has 4 aromatic rings. The van der Waals surface area contributed by atoms with E-state index in [4.69, 9.17) is 9.72 Å². The average Bonchev–Trinajstić information content (AvgIpc) is 3.22. The van der Waals surface area contributed by atoms with Crippen LogP contribution in [-0.2, 0) is 16.0 Å². The Kier molecular flexibility index (Phi) is 6.71. The number of nitrogens with one attached hydrogen (secondary N) is 1. The first-order chi connectivity index (χ1) is 17.5. The Morgan fingerprint density at radius 3 is 2.67 bits per heavy atom. The van der Waals surface area contributed by atoms with Crippen molar-refractivity contribution in [2.24, 2.45) is 0 Å². The molecule has 1 saturated heterocycles. The normalized spacial score (nSPS) is 14.2. The molecule has 0 saturated carbocycles. The number of anilines is 2. The Morgan fingerprint density at radius 1 is 1.03 bits per heavy atom. The molecule has 0 radical (unpaired) electrons. The number of urea groups is 1. The topological polar surface area (TPSA) is 79.2 Å². The third kappa shape index (κ3) is 4.95. The fourth-order valence-electron chi connectivity index (χ4n) is 4.59. The molecule has 5 rings (SSSR count). The predicted molar refractivity (Wildman–Crippen MR) is 137 cm³/mol. The highest BCUT2D eigenvalue weighted by molar-refractivity contribution is 5.89. The van der Waals surface area contributed by atoms with Gasteiger partial charge < -0.3 is 24.3 Å². The minimum atomic E-state index is -0.319. The molecule has 3 heterocycles. The molecule has 0 spiro atoms. The lowest BCUT2D eigenvalue weighted by molar-refractivity contribution is -0.142. The Balaban J connectivity index is 1.26. The monoisotopic (exact) mass is 489 g/mol. The first-order valence-corrected chi connectivity index (χ1v) is 12.1. The molecule has 2 aromatic carbocycles. The lowest BCUT2D eigenvalue weighted by Gasteiger charge is -2.24. The van der Waals surface area contributed by atoms with E-state index in [0.717, 1.165) is 35.4 Å². The Labute approximate surface area is 208 Å². The fourth-order valence-corrected chi connectivity index (χ4v) is 4.59. The van der Waals surface area contributed by atoms with Gasteiger partial charge >= 0.3 is 12.0 Å². The minimum Gasteiger partial charge on any atom is -0.466 e. The van der Waals surface area contributed by atoms with Gasteiger partial charge in [0, 0.05) is 44.1 Å². The van der Waals surface area contributed by atoms with E-state index < -0.39 is 0 Å². The summed E-state index contributed by atoms with van der Waals surface area (Å²) >= 11 is 0. The van der Waals surface area contributed by atoms with Crippen molar-refractivity contribution in [3.8, 4) is 0 Å². The van der Waals surface area contributed by atoms with Crippen LogP contribution in [0.15, 0.2) is 60.8 Å². The summed E-state index contributed by atoms with van der Waals surface area (Å²) in [5.74, 6) is 0.199. The maximum Gasteiger partial charge on any atom is 0.321 e. The summed E-state index contributed by atoms with van der Waals surface area (Å²) in [6, 6.07) is 15.6. The van der Waals surface area contributed by atoms with Gasteiger partial charge in [0.1, 0.15) is 5.82 Å². The van der Waals surface area contributed by atoms with Gasteiger partial charge in [-0.1, -0.05) is 12.1 Å². The van der Waals surface area contributed by atoms with Crippen molar-refractivity contribution in [3.63, 3.8) is 0 Å². The third-order valence-corrected chi connectivity index (χ3v) is 6.34. The van der Waals surface area contributed by atoms with Gasteiger partial charge in [-0.15, -0.1) is 0 Å². The highest BCUT2D eigenvalue weighted by Gasteiger charge is 2.22. The summed E-state index contributed by atoms with van der Waals surface area (Å²) < 4.78 is 20.9. The van der Waals surface area contributed by atoms with Gasteiger partial charge in [-0.3, -0.25) is 4.79 Å². The number of benzene rings is 2. The van der Waals surface area contributed by atoms with Crippen molar-refractivity contribution in [3.05, 3.63) is 72.2 Å². The summed E-state index contributed by atoms with van der Waals surface area (Å²) in [7, 11) is 0. The number of carbonyl (C=O) groups is 2. The van der Waals surface area contributed by atoms with Crippen LogP contribution in [0.2, 0.25) is 0 Å². The second-order valence-corrected chi connectivity index (χ2v) is 8.77. The van der Waals surface area contributed by atoms with Crippen molar-refractivity contribution < 1.29 is 18.7 Å². The van der Waals surface area contributed by atoms with E-state index in [1.165, 1.54) is 12.1 Å². The molecule has 0 bridgehead atoms. The van der Waals surface area contributed by atoms with Gasteiger partial charge in [-0.05, 0) is 55.3 Å². The molecule has 2 amide bonds. The highest BCUT2D eigenvalue weighted by Crippen LogP contribution is 2.27. The van der Waals surface area contributed by atoms with E-state index in [1.807, 2.05) is 34.9 Å². The number of aromatic nitrogens is 2. The number of esters is 1. The van der Waals surface area contributed by atoms with Gasteiger partial charge in [0.15, 0.2) is 5.82 Å². The van der Waals surface area contributed by atoms with Crippen molar-refractivity contribution in [1.82, 2.24) is 14.3 Å². The molecule has 0 atom stereocenters. The Hall–Kier alpha value is -4.14. The maximum atomic E-state index is 13.9. The van der Waals surface area contributed by atoms with Crippen molar-refractivity contribution in [2.45, 2.75) is 19.8 Å². The lowest BCUT2D eigenvalue weighted by atomic mass is 10.1. The van der Waals surface area contributed by atoms with Gasteiger partial charge in [0.05, 0.1) is 29.6 Å². The van der Waals surface area contributed by atoms with E-state index in [9.17, 15) is 14.0 Å². The predicted octanol–water partition coefficient (Wildman–Crippen LogP) is 4.48. The van der Waals surface area contributed by atoms with Crippen LogP contribution in [0.4, 0.5) is 20.7 Å². The number of amides is 2. The number of hydrogen-bond donors (Lipinski definition) is 1. The van der Waals surface area contributed by atoms with E-state index in [0.29, 0.717) is 37.4 Å². The van der Waals surface area contributed by atoms with E-state index in [-0.39, 0.29) is 24.2 Å². The number of nitrogens with zero attached hydrogens (tertiary/aromatic N) is 4. The van der Waals surface area contributed by atoms with Crippen LogP contribution < -0.4 is 10.2 Å². The molecule has 8 nitrogen and oxygen atoms in total. The summed E-state index contributed by atoms with van der Waals surface area (Å²) in [6.45, 7) is 4.62. The van der Waals surface area contributed by atoms with Crippen LogP contribution in [0.5, 0.6) is 0 Å². The summed E-state index contributed by atoms with van der Waals surface area (Å²) in [5.41, 5.74) is 3.90. The van der Waals surface area contributed by atoms with Gasteiger partial charge in [0.2, 0.25) is 0 Å². The number of ether oxygens (including phenoxy) is 1. The van der Waals surface area contributed by atoms with Crippen molar-refractivity contribution in [1.29, 1.82) is 0 Å². The van der Waals surface area contributed by atoms with Crippen molar-refractivity contribution in [2.75, 3.05) is 43.0 Å². The van der Waals surface area contributed by atoms with Crippen molar-refractivity contribution >= 4 is 40.1 Å². The molecule has 0 unspecified atom stereocenters. The number of hydrogen-bond acceptors (Lipinski definition) is 5. The number of fused-ring (bicyclic) bond motifs is 3. The van der Waals surface area contributed by atoms with Crippen LogP contribution in [0.25, 0.3) is 16.6 Å². The summed E-state index contributed by atoms with van der Waals surface area (Å²) in [6.07, 6.45) is 2.94. The fraction of sp³-hybridized carbons (Fsp3) is 0.296. The number of rotatable bonds is 5. The molecule has 9 heteroatoms. The molecule has 0 aliphatic carbocycles. The maximum absolute atomic E-state index is 13.9. The molecule has 186 valence electrons. The van der Waals surface area contributed by atoms with Gasteiger partial charge in [-0.2, -0.15) is 0 Å². The van der Waals surface area contributed by atoms with Crippen LogP contribution >= 0.6 is 0 Å². The van der Waals surface area contributed by atoms with Gasteiger partial charge in [0.25, 0.3) is 0 Å². The molecule has 36 heavy (non-hydrogen) atoms. The highest BCUT2D eigenvalue weighted by atomic mass is 19.1. The van der Waals surface area contributed by atoms with Crippen LogP contribution in [0, 0.1) is 5.82 Å². The molecular formula is C27H28FN5O3. The first-order valence-electron chi connectivity index (χ1n) is 12.1. The second-order valence-electron chi connectivity index (χ2n) is 8.77. The van der Waals surface area contributed by atoms with E-state index in [1.54, 1.807) is 30.0 Å². The third-order valence-electron chi connectivity index (χ3n) is 6.34. The smallest absolute Gasteiger partial charge is 0.321 e. The van der Waals surface area contributed by atoms with Crippen LogP contribution in [-0.4, -0.2) is 59.1 Å². The second kappa shape index (κ2) is 10.2. The lowest BCUT2D eigenvalue weighted by Crippen LogP contribution is -2.38. The first kappa shape index (κ1) is 23.6. The average molecular weight is 490 g/mol. The quantitative estimate of drug-likeness (QED) is 0.419. The largest absolute Gasteiger partial charge is 0.466 e. The van der Waals surface area contributed by atoms with E-state index in [2.05, 4.69) is 10.2 Å².